The highest BCUT2D eigenvalue weighted by Crippen LogP contribution is 2.24. The number of amides is 1. The summed E-state index contributed by atoms with van der Waals surface area (Å²) < 4.78 is 0. The highest BCUT2D eigenvalue weighted by Gasteiger charge is 2.28. The summed E-state index contributed by atoms with van der Waals surface area (Å²) in [6.45, 7) is 5.40. The number of carbonyl (C=O) groups is 2. The average molecular weight is 351 g/mol. The summed E-state index contributed by atoms with van der Waals surface area (Å²) in [6.07, 6.45) is 1.35. The Kier molecular flexibility index (Phi) is 5.40. The zero-order valence-electron chi connectivity index (χ0n) is 15.3. The van der Waals surface area contributed by atoms with Crippen molar-refractivity contribution in [1.82, 2.24) is 4.90 Å². The maximum atomic E-state index is 12.7. The molecule has 3 rings (SSSR count). The van der Waals surface area contributed by atoms with E-state index in [0.717, 1.165) is 5.56 Å². The first-order valence-corrected chi connectivity index (χ1v) is 9.18. The Morgan fingerprint density at radius 3 is 2.23 bits per heavy atom. The molecule has 136 valence electrons. The molecule has 1 amide bonds. The zero-order valence-corrected chi connectivity index (χ0v) is 15.3. The number of benzene rings is 2. The van der Waals surface area contributed by atoms with Crippen molar-refractivity contribution in [3.05, 3.63) is 65.2 Å². The molecule has 1 aliphatic rings. The lowest BCUT2D eigenvalue weighted by Gasteiger charge is -2.31. The molecular formula is C22H25NO3. The Bertz CT molecular complexity index is 787. The Hall–Kier alpha value is -2.62. The van der Waals surface area contributed by atoms with Gasteiger partial charge in [0.05, 0.1) is 0 Å². The first-order chi connectivity index (χ1) is 12.5. The Morgan fingerprint density at radius 1 is 1.00 bits per heavy atom. The summed E-state index contributed by atoms with van der Waals surface area (Å²) in [5, 5.41) is 9.54. The van der Waals surface area contributed by atoms with Crippen molar-refractivity contribution in [1.29, 1.82) is 0 Å². The monoisotopic (exact) mass is 351 g/mol. The van der Waals surface area contributed by atoms with Crippen LogP contribution >= 0.6 is 0 Å². The molecule has 0 saturated carbocycles. The van der Waals surface area contributed by atoms with Gasteiger partial charge in [-0.15, -0.1) is 0 Å². The van der Waals surface area contributed by atoms with Crippen LogP contribution in [0.5, 0.6) is 5.75 Å². The van der Waals surface area contributed by atoms with E-state index in [0.29, 0.717) is 37.4 Å². The van der Waals surface area contributed by atoms with E-state index in [1.165, 1.54) is 11.6 Å². The van der Waals surface area contributed by atoms with Crippen molar-refractivity contribution in [2.45, 2.75) is 32.6 Å². The van der Waals surface area contributed by atoms with Crippen LogP contribution in [0.15, 0.2) is 48.5 Å². The van der Waals surface area contributed by atoms with Gasteiger partial charge in [0.2, 0.25) is 0 Å². The zero-order chi connectivity index (χ0) is 18.7. The molecule has 0 unspecified atom stereocenters. The van der Waals surface area contributed by atoms with E-state index >= 15 is 0 Å². The number of rotatable bonds is 4. The smallest absolute Gasteiger partial charge is 0.253 e. The number of piperidine rings is 1. The van der Waals surface area contributed by atoms with Crippen LogP contribution in [0.4, 0.5) is 0 Å². The normalized spacial score (nSPS) is 15.3. The second-order valence-electron chi connectivity index (χ2n) is 7.26. The maximum absolute atomic E-state index is 12.7. The van der Waals surface area contributed by atoms with E-state index in [1.54, 1.807) is 23.1 Å². The molecule has 0 atom stereocenters. The van der Waals surface area contributed by atoms with Crippen molar-refractivity contribution in [3.8, 4) is 5.75 Å². The number of phenolic OH excluding ortho intramolecular Hbond substituents is 1. The first-order valence-electron chi connectivity index (χ1n) is 9.18. The Labute approximate surface area is 154 Å². The minimum atomic E-state index is -0.0897. The molecule has 0 bridgehead atoms. The van der Waals surface area contributed by atoms with E-state index in [1.807, 2.05) is 24.3 Å². The summed E-state index contributed by atoms with van der Waals surface area (Å²) >= 11 is 0. The summed E-state index contributed by atoms with van der Waals surface area (Å²) in [6, 6.07) is 14.3. The fraction of sp³-hybridized carbons (Fsp3) is 0.364. The van der Waals surface area contributed by atoms with Gasteiger partial charge in [0.15, 0.2) is 5.78 Å². The molecule has 1 fully saturated rings. The van der Waals surface area contributed by atoms with Crippen LogP contribution in [0.1, 0.15) is 58.9 Å². The lowest BCUT2D eigenvalue weighted by molar-refractivity contribution is 0.0650. The van der Waals surface area contributed by atoms with Gasteiger partial charge in [-0.2, -0.15) is 0 Å². The molecule has 4 nitrogen and oxygen atoms in total. The predicted octanol–water partition coefficient (Wildman–Crippen LogP) is 4.25. The van der Waals surface area contributed by atoms with Gasteiger partial charge >= 0.3 is 0 Å². The topological polar surface area (TPSA) is 57.6 Å². The van der Waals surface area contributed by atoms with Crippen molar-refractivity contribution >= 4 is 11.7 Å². The van der Waals surface area contributed by atoms with Gasteiger partial charge in [0.1, 0.15) is 5.75 Å². The van der Waals surface area contributed by atoms with E-state index < -0.39 is 0 Å². The van der Waals surface area contributed by atoms with E-state index in [9.17, 15) is 14.7 Å². The molecular weight excluding hydrogens is 326 g/mol. The number of carbonyl (C=O) groups excluding carboxylic acids is 2. The van der Waals surface area contributed by atoms with Gasteiger partial charge < -0.3 is 10.0 Å². The summed E-state index contributed by atoms with van der Waals surface area (Å²) in [4.78, 5) is 27.0. The first kappa shape index (κ1) is 18.2. The maximum Gasteiger partial charge on any atom is 0.253 e. The molecule has 0 aliphatic carbocycles. The van der Waals surface area contributed by atoms with Gasteiger partial charge in [-0.3, -0.25) is 9.59 Å². The molecule has 1 heterocycles. The number of aromatic hydroxyl groups is 1. The van der Waals surface area contributed by atoms with E-state index in [-0.39, 0.29) is 23.4 Å². The van der Waals surface area contributed by atoms with Gasteiger partial charge in [0.25, 0.3) is 5.91 Å². The molecule has 0 spiro atoms. The molecule has 2 aromatic rings. The van der Waals surface area contributed by atoms with Gasteiger partial charge in [-0.1, -0.05) is 44.2 Å². The number of hydrogen-bond acceptors (Lipinski definition) is 3. The lowest BCUT2D eigenvalue weighted by atomic mass is 9.88. The predicted molar refractivity (Wildman–Crippen MR) is 102 cm³/mol. The van der Waals surface area contributed by atoms with Crippen LogP contribution < -0.4 is 0 Å². The number of hydrogen-bond donors (Lipinski definition) is 1. The fourth-order valence-corrected chi connectivity index (χ4v) is 3.43. The summed E-state index contributed by atoms with van der Waals surface area (Å²) in [5.41, 5.74) is 2.47. The number of nitrogens with zero attached hydrogens (tertiary/aromatic N) is 1. The van der Waals surface area contributed by atoms with Crippen molar-refractivity contribution < 1.29 is 14.7 Å². The van der Waals surface area contributed by atoms with E-state index in [2.05, 4.69) is 13.8 Å². The van der Waals surface area contributed by atoms with Gasteiger partial charge in [0, 0.05) is 30.1 Å². The van der Waals surface area contributed by atoms with Crippen molar-refractivity contribution in [3.63, 3.8) is 0 Å². The Morgan fingerprint density at radius 2 is 1.65 bits per heavy atom. The lowest BCUT2D eigenvalue weighted by Crippen LogP contribution is -2.40. The molecule has 0 radical (unpaired) electrons. The minimum Gasteiger partial charge on any atom is -0.508 e. The average Bonchev–Trinajstić information content (AvgIpc) is 2.67. The van der Waals surface area contributed by atoms with Gasteiger partial charge in [-0.25, -0.2) is 0 Å². The molecule has 0 aromatic heterocycles. The largest absolute Gasteiger partial charge is 0.508 e. The van der Waals surface area contributed by atoms with Crippen LogP contribution in [0, 0.1) is 5.92 Å². The van der Waals surface area contributed by atoms with Crippen LogP contribution in [-0.4, -0.2) is 34.8 Å². The van der Waals surface area contributed by atoms with Crippen molar-refractivity contribution in [2.24, 2.45) is 5.92 Å². The molecule has 26 heavy (non-hydrogen) atoms. The number of phenols is 1. The quantitative estimate of drug-likeness (QED) is 0.838. The molecule has 1 aliphatic heterocycles. The fourth-order valence-electron chi connectivity index (χ4n) is 3.43. The third kappa shape index (κ3) is 3.96. The molecule has 1 N–H and O–H groups in total. The Balaban J connectivity index is 1.61. The molecule has 4 heteroatoms. The van der Waals surface area contributed by atoms with Gasteiger partial charge in [-0.05, 0) is 42.5 Å². The molecule has 1 saturated heterocycles. The number of ketones is 1. The SMILES string of the molecule is CC(C)c1ccc(C(=O)C2CCN(C(=O)c3cccc(O)c3)CC2)cc1. The second-order valence-corrected chi connectivity index (χ2v) is 7.26. The third-order valence-electron chi connectivity index (χ3n) is 5.11. The van der Waals surface area contributed by atoms with Crippen molar-refractivity contribution in [2.75, 3.05) is 13.1 Å². The van der Waals surface area contributed by atoms with Crippen LogP contribution in [0.2, 0.25) is 0 Å². The van der Waals surface area contributed by atoms with Crippen LogP contribution in [-0.2, 0) is 0 Å². The number of Topliss-reactive ketones (excluding diaryl/α,β-unsaturated/α-hetero) is 1. The number of likely N-dealkylation sites (tertiary alicyclic amines) is 1. The summed E-state index contributed by atoms with van der Waals surface area (Å²) in [5.74, 6) is 0.586. The van der Waals surface area contributed by atoms with Crippen LogP contribution in [0.3, 0.4) is 0 Å². The van der Waals surface area contributed by atoms with E-state index in [4.69, 9.17) is 0 Å². The highest BCUT2D eigenvalue weighted by molar-refractivity contribution is 5.98. The third-order valence-corrected chi connectivity index (χ3v) is 5.11. The molecule has 2 aromatic carbocycles. The summed E-state index contributed by atoms with van der Waals surface area (Å²) in [7, 11) is 0. The minimum absolute atomic E-state index is 0.0341. The van der Waals surface area contributed by atoms with Crippen LogP contribution in [0.25, 0.3) is 0 Å². The highest BCUT2D eigenvalue weighted by atomic mass is 16.3. The second kappa shape index (κ2) is 7.73. The standard InChI is InChI=1S/C22H25NO3/c1-15(2)16-6-8-17(9-7-16)21(25)18-10-12-23(13-11-18)22(26)19-4-3-5-20(24)14-19/h3-9,14-15,18,24H,10-13H2,1-2H3.